The Bertz CT molecular complexity index is 647. The van der Waals surface area contributed by atoms with Crippen LogP contribution in [-0.2, 0) is 11.3 Å². The zero-order valence-electron chi connectivity index (χ0n) is 17.0. The van der Waals surface area contributed by atoms with Gasteiger partial charge in [0.1, 0.15) is 5.75 Å². The van der Waals surface area contributed by atoms with Crippen molar-refractivity contribution in [2.75, 3.05) is 32.7 Å². The summed E-state index contributed by atoms with van der Waals surface area (Å²) in [6, 6.07) is 5.75. The van der Waals surface area contributed by atoms with Gasteiger partial charge in [0, 0.05) is 36.1 Å². The second-order valence-corrected chi connectivity index (χ2v) is 8.70. The van der Waals surface area contributed by atoms with Crippen LogP contribution in [0.2, 0.25) is 5.02 Å². The second kappa shape index (κ2) is 10.5. The average Bonchev–Trinajstić information content (AvgIpc) is 3.16. The predicted octanol–water partition coefficient (Wildman–Crippen LogP) is 3.64. The van der Waals surface area contributed by atoms with Crippen molar-refractivity contribution in [3.05, 3.63) is 28.8 Å². The summed E-state index contributed by atoms with van der Waals surface area (Å²) >= 11 is 6.04. The Kier molecular flexibility index (Phi) is 8.00. The molecular formula is C22H34ClN3O2. The standard InChI is InChI=1S/C22H34ClN3O2/c1-2-26-11-3-4-20(26)15-24-22(28)8-5-17-9-12-25(13-10-17)16-18-14-19(23)6-7-21(18)27/h6-7,14,17,20,27H,2-5,8-13,15-16H2,1H3,(H,24,28)/t20-/m1/s1. The van der Waals surface area contributed by atoms with Gasteiger partial charge in [-0.3, -0.25) is 14.6 Å². The molecule has 0 saturated carbocycles. The number of amides is 1. The highest BCUT2D eigenvalue weighted by Gasteiger charge is 2.24. The topological polar surface area (TPSA) is 55.8 Å². The zero-order chi connectivity index (χ0) is 19.9. The number of likely N-dealkylation sites (N-methyl/N-ethyl adjacent to an activating group) is 1. The van der Waals surface area contributed by atoms with Crippen molar-refractivity contribution in [2.24, 2.45) is 5.92 Å². The quantitative estimate of drug-likeness (QED) is 0.690. The summed E-state index contributed by atoms with van der Waals surface area (Å²) < 4.78 is 0. The molecule has 2 aliphatic heterocycles. The van der Waals surface area contributed by atoms with E-state index in [0.717, 1.165) is 57.5 Å². The molecule has 156 valence electrons. The maximum atomic E-state index is 12.2. The molecule has 2 N–H and O–H groups in total. The highest BCUT2D eigenvalue weighted by atomic mass is 35.5. The van der Waals surface area contributed by atoms with Crippen LogP contribution in [0, 0.1) is 5.92 Å². The van der Waals surface area contributed by atoms with Gasteiger partial charge < -0.3 is 10.4 Å². The average molecular weight is 408 g/mol. The van der Waals surface area contributed by atoms with Gasteiger partial charge in [-0.25, -0.2) is 0 Å². The third kappa shape index (κ3) is 6.10. The van der Waals surface area contributed by atoms with Crippen LogP contribution in [0.4, 0.5) is 0 Å². The SMILES string of the molecule is CCN1CCC[C@@H]1CNC(=O)CCC1CCN(Cc2cc(Cl)ccc2O)CC1. The lowest BCUT2D eigenvalue weighted by Crippen LogP contribution is -2.40. The molecule has 28 heavy (non-hydrogen) atoms. The molecule has 0 radical (unpaired) electrons. The smallest absolute Gasteiger partial charge is 0.220 e. The van der Waals surface area contributed by atoms with Crippen molar-refractivity contribution >= 4 is 17.5 Å². The molecular weight excluding hydrogens is 374 g/mol. The van der Waals surface area contributed by atoms with Gasteiger partial charge in [0.15, 0.2) is 0 Å². The maximum Gasteiger partial charge on any atom is 0.220 e. The Morgan fingerprint density at radius 2 is 2.04 bits per heavy atom. The van der Waals surface area contributed by atoms with E-state index in [4.69, 9.17) is 11.6 Å². The van der Waals surface area contributed by atoms with Crippen molar-refractivity contribution in [2.45, 2.75) is 58.0 Å². The number of phenols is 1. The monoisotopic (exact) mass is 407 g/mol. The first-order valence-corrected chi connectivity index (χ1v) is 11.1. The molecule has 0 unspecified atom stereocenters. The lowest BCUT2D eigenvalue weighted by molar-refractivity contribution is -0.121. The van der Waals surface area contributed by atoms with Crippen molar-refractivity contribution < 1.29 is 9.90 Å². The summed E-state index contributed by atoms with van der Waals surface area (Å²) in [5, 5.41) is 13.8. The van der Waals surface area contributed by atoms with Crippen LogP contribution in [0.5, 0.6) is 5.75 Å². The fourth-order valence-corrected chi connectivity index (χ4v) is 4.75. The van der Waals surface area contributed by atoms with Crippen LogP contribution in [0.15, 0.2) is 18.2 Å². The number of nitrogens with one attached hydrogen (secondary N) is 1. The molecule has 2 fully saturated rings. The highest BCUT2D eigenvalue weighted by Crippen LogP contribution is 2.27. The van der Waals surface area contributed by atoms with E-state index in [1.807, 2.05) is 6.07 Å². The minimum atomic E-state index is 0.203. The molecule has 3 rings (SSSR count). The summed E-state index contributed by atoms with van der Waals surface area (Å²) in [5.74, 6) is 1.13. The molecule has 1 aromatic rings. The molecule has 0 bridgehead atoms. The Labute approximate surface area is 174 Å². The maximum absolute atomic E-state index is 12.2. The third-order valence-corrected chi connectivity index (χ3v) is 6.60. The largest absolute Gasteiger partial charge is 0.508 e. The van der Waals surface area contributed by atoms with Crippen LogP contribution in [0.1, 0.15) is 51.0 Å². The van der Waals surface area contributed by atoms with E-state index in [0.29, 0.717) is 29.2 Å². The number of carbonyl (C=O) groups excluding carboxylic acids is 1. The van der Waals surface area contributed by atoms with Gasteiger partial charge >= 0.3 is 0 Å². The summed E-state index contributed by atoms with van der Waals surface area (Å²) in [5.41, 5.74) is 0.887. The molecule has 5 nitrogen and oxygen atoms in total. The molecule has 2 heterocycles. The Hall–Kier alpha value is -1.30. The van der Waals surface area contributed by atoms with Crippen molar-refractivity contribution in [3.8, 4) is 5.75 Å². The number of phenolic OH excluding ortho intramolecular Hbond substituents is 1. The van der Waals surface area contributed by atoms with Crippen molar-refractivity contribution in [1.82, 2.24) is 15.1 Å². The van der Waals surface area contributed by atoms with E-state index in [9.17, 15) is 9.90 Å². The van der Waals surface area contributed by atoms with Crippen molar-refractivity contribution in [1.29, 1.82) is 0 Å². The summed E-state index contributed by atoms with van der Waals surface area (Å²) in [7, 11) is 0. The highest BCUT2D eigenvalue weighted by molar-refractivity contribution is 6.30. The van der Waals surface area contributed by atoms with Crippen LogP contribution >= 0.6 is 11.6 Å². The first-order valence-electron chi connectivity index (χ1n) is 10.8. The van der Waals surface area contributed by atoms with E-state index in [2.05, 4.69) is 22.0 Å². The van der Waals surface area contributed by atoms with E-state index < -0.39 is 0 Å². The molecule has 2 aliphatic rings. The number of carbonyl (C=O) groups is 1. The van der Waals surface area contributed by atoms with E-state index in [1.54, 1.807) is 12.1 Å². The number of hydrogen-bond donors (Lipinski definition) is 2. The number of piperidine rings is 1. The molecule has 0 spiro atoms. The van der Waals surface area contributed by atoms with Crippen molar-refractivity contribution in [3.63, 3.8) is 0 Å². The number of likely N-dealkylation sites (tertiary alicyclic amines) is 2. The molecule has 0 aliphatic carbocycles. The first-order chi connectivity index (χ1) is 13.5. The van der Waals surface area contributed by atoms with Gasteiger partial charge in [-0.1, -0.05) is 18.5 Å². The minimum Gasteiger partial charge on any atom is -0.508 e. The number of nitrogens with zero attached hydrogens (tertiary/aromatic N) is 2. The lowest BCUT2D eigenvalue weighted by Gasteiger charge is -2.32. The van der Waals surface area contributed by atoms with Gasteiger partial charge in [0.2, 0.25) is 5.91 Å². The van der Waals surface area contributed by atoms with Crippen LogP contribution in [0.3, 0.4) is 0 Å². The molecule has 6 heteroatoms. The van der Waals surface area contributed by atoms with Gasteiger partial charge in [-0.15, -0.1) is 0 Å². The first kappa shape index (κ1) is 21.4. The van der Waals surface area contributed by atoms with Gasteiger partial charge in [0.25, 0.3) is 0 Å². The van der Waals surface area contributed by atoms with E-state index >= 15 is 0 Å². The van der Waals surface area contributed by atoms with Crippen LogP contribution in [0.25, 0.3) is 0 Å². The van der Waals surface area contributed by atoms with Gasteiger partial charge in [-0.05, 0) is 82.4 Å². The van der Waals surface area contributed by atoms with Crippen LogP contribution < -0.4 is 5.32 Å². The third-order valence-electron chi connectivity index (χ3n) is 6.36. The molecule has 1 aromatic carbocycles. The zero-order valence-corrected chi connectivity index (χ0v) is 17.8. The number of benzene rings is 1. The summed E-state index contributed by atoms with van der Waals surface area (Å²) in [4.78, 5) is 17.1. The van der Waals surface area contributed by atoms with Gasteiger partial charge in [0.05, 0.1) is 0 Å². The Balaban J connectivity index is 1.33. The lowest BCUT2D eigenvalue weighted by atomic mass is 9.92. The molecule has 2 saturated heterocycles. The summed E-state index contributed by atoms with van der Waals surface area (Å²) in [6.07, 6.45) is 6.29. The number of rotatable bonds is 8. The Morgan fingerprint density at radius 3 is 2.79 bits per heavy atom. The van der Waals surface area contributed by atoms with E-state index in [-0.39, 0.29) is 5.91 Å². The summed E-state index contributed by atoms with van der Waals surface area (Å²) in [6.45, 7) is 7.98. The Morgan fingerprint density at radius 1 is 1.25 bits per heavy atom. The second-order valence-electron chi connectivity index (χ2n) is 8.26. The molecule has 1 amide bonds. The normalized spacial score (nSPS) is 21.9. The number of halogens is 1. The predicted molar refractivity (Wildman–Crippen MR) is 114 cm³/mol. The number of hydrogen-bond acceptors (Lipinski definition) is 4. The minimum absolute atomic E-state index is 0.203. The fourth-order valence-electron chi connectivity index (χ4n) is 4.55. The fraction of sp³-hybridized carbons (Fsp3) is 0.682. The molecule has 0 aromatic heterocycles. The van der Waals surface area contributed by atoms with E-state index in [1.165, 1.54) is 19.4 Å². The van der Waals surface area contributed by atoms with Gasteiger partial charge in [-0.2, -0.15) is 0 Å². The van der Waals surface area contributed by atoms with Crippen LogP contribution in [-0.4, -0.2) is 59.6 Å². The molecule has 1 atom stereocenters. The number of aromatic hydroxyl groups is 1.